The van der Waals surface area contributed by atoms with E-state index < -0.39 is 24.8 Å². The number of hydrogen-bond acceptors (Lipinski definition) is 3. The number of carbonyl (C=O) groups excluding carboxylic acids is 1. The number of nitrogens with two attached hydrogens (primary N) is 1. The molecule has 1 rings (SSSR count). The highest BCUT2D eigenvalue weighted by molar-refractivity contribution is 5.85. The molecule has 3 N–H and O–H groups in total. The number of aromatic nitrogens is 2. The SMILES string of the molecule is Cc1nn(CC(F)(F)F)c(C)c1C(C)NC(=O)C(C)N.Cl. The fourth-order valence-corrected chi connectivity index (χ4v) is 2.08. The second kappa shape index (κ2) is 7.13. The molecule has 2 unspecified atom stereocenters. The Kier molecular flexibility index (Phi) is 6.69. The second-order valence-electron chi connectivity index (χ2n) is 4.88. The zero-order chi connectivity index (χ0) is 15.7. The number of rotatable bonds is 4. The van der Waals surface area contributed by atoms with Crippen LogP contribution in [0, 0.1) is 13.8 Å². The third-order valence-corrected chi connectivity index (χ3v) is 2.97. The van der Waals surface area contributed by atoms with E-state index >= 15 is 0 Å². The molecule has 21 heavy (non-hydrogen) atoms. The molecule has 5 nitrogen and oxygen atoms in total. The van der Waals surface area contributed by atoms with Crippen LogP contribution in [-0.4, -0.2) is 27.9 Å². The molecule has 2 atom stereocenters. The van der Waals surface area contributed by atoms with Crippen LogP contribution in [-0.2, 0) is 11.3 Å². The van der Waals surface area contributed by atoms with Gasteiger partial charge in [0.15, 0.2) is 0 Å². The van der Waals surface area contributed by atoms with Gasteiger partial charge in [-0.15, -0.1) is 12.4 Å². The summed E-state index contributed by atoms with van der Waals surface area (Å²) in [5.41, 5.74) is 6.88. The average Bonchev–Trinajstić information content (AvgIpc) is 2.51. The summed E-state index contributed by atoms with van der Waals surface area (Å²) in [6.07, 6.45) is -4.33. The van der Waals surface area contributed by atoms with Crippen molar-refractivity contribution in [3.63, 3.8) is 0 Å². The molecule has 1 heterocycles. The number of carbonyl (C=O) groups is 1. The monoisotopic (exact) mass is 328 g/mol. The Hall–Kier alpha value is -1.28. The number of nitrogens with zero attached hydrogens (tertiary/aromatic N) is 2. The summed E-state index contributed by atoms with van der Waals surface area (Å²) in [4.78, 5) is 11.5. The van der Waals surface area contributed by atoms with E-state index in [1.54, 1.807) is 20.8 Å². The quantitative estimate of drug-likeness (QED) is 0.888. The molecule has 0 bridgehead atoms. The van der Waals surface area contributed by atoms with Gasteiger partial charge in [-0.2, -0.15) is 18.3 Å². The molecule has 0 aliphatic carbocycles. The maximum absolute atomic E-state index is 12.4. The van der Waals surface area contributed by atoms with Crippen molar-refractivity contribution >= 4 is 18.3 Å². The van der Waals surface area contributed by atoms with Crippen LogP contribution >= 0.6 is 12.4 Å². The van der Waals surface area contributed by atoms with Gasteiger partial charge in [0.25, 0.3) is 0 Å². The van der Waals surface area contributed by atoms with E-state index in [0.29, 0.717) is 17.0 Å². The number of hydrogen-bond donors (Lipinski definition) is 2. The molecule has 0 fully saturated rings. The predicted molar refractivity (Wildman–Crippen MR) is 75.2 cm³/mol. The molecule has 1 aromatic heterocycles. The van der Waals surface area contributed by atoms with Crippen LogP contribution in [0.25, 0.3) is 0 Å². The van der Waals surface area contributed by atoms with Crippen LogP contribution in [0.5, 0.6) is 0 Å². The van der Waals surface area contributed by atoms with E-state index in [9.17, 15) is 18.0 Å². The highest BCUT2D eigenvalue weighted by Crippen LogP contribution is 2.24. The molecule has 0 aliphatic rings. The molecular formula is C12H20ClF3N4O. The van der Waals surface area contributed by atoms with Crippen LogP contribution in [0.15, 0.2) is 0 Å². The van der Waals surface area contributed by atoms with E-state index in [4.69, 9.17) is 5.73 Å². The molecule has 0 aromatic carbocycles. The minimum Gasteiger partial charge on any atom is -0.348 e. The molecule has 1 aromatic rings. The van der Waals surface area contributed by atoms with Crippen LogP contribution in [0.4, 0.5) is 13.2 Å². The number of aryl methyl sites for hydroxylation is 1. The van der Waals surface area contributed by atoms with E-state index in [1.165, 1.54) is 6.92 Å². The predicted octanol–water partition coefficient (Wildman–Crippen LogP) is 2.01. The lowest BCUT2D eigenvalue weighted by atomic mass is 10.1. The fourth-order valence-electron chi connectivity index (χ4n) is 2.08. The van der Waals surface area contributed by atoms with Crippen LogP contribution in [0.1, 0.15) is 36.8 Å². The first-order chi connectivity index (χ1) is 9.03. The zero-order valence-electron chi connectivity index (χ0n) is 12.3. The van der Waals surface area contributed by atoms with Gasteiger partial charge in [0, 0.05) is 11.3 Å². The Labute approximate surface area is 127 Å². The topological polar surface area (TPSA) is 72.9 Å². The number of halogens is 4. The fraction of sp³-hybridized carbons (Fsp3) is 0.667. The highest BCUT2D eigenvalue weighted by Gasteiger charge is 2.31. The lowest BCUT2D eigenvalue weighted by Crippen LogP contribution is -2.39. The summed E-state index contributed by atoms with van der Waals surface area (Å²) in [6, 6.07) is -1.13. The average molecular weight is 329 g/mol. The Bertz CT molecular complexity index is 499. The minimum atomic E-state index is -4.33. The number of nitrogens with one attached hydrogen (secondary N) is 1. The summed E-state index contributed by atoms with van der Waals surface area (Å²) in [6.45, 7) is 5.25. The lowest BCUT2D eigenvalue weighted by Gasteiger charge is -2.16. The van der Waals surface area contributed by atoms with Crippen molar-refractivity contribution in [3.8, 4) is 0 Å². The molecule has 9 heteroatoms. The molecule has 0 radical (unpaired) electrons. The van der Waals surface area contributed by atoms with Gasteiger partial charge in [0.05, 0.1) is 17.8 Å². The lowest BCUT2D eigenvalue weighted by molar-refractivity contribution is -0.143. The highest BCUT2D eigenvalue weighted by atomic mass is 35.5. The zero-order valence-corrected chi connectivity index (χ0v) is 13.1. The van der Waals surface area contributed by atoms with Crippen molar-refractivity contribution in [3.05, 3.63) is 17.0 Å². The second-order valence-corrected chi connectivity index (χ2v) is 4.88. The van der Waals surface area contributed by atoms with Crippen molar-refractivity contribution < 1.29 is 18.0 Å². The van der Waals surface area contributed by atoms with Crippen molar-refractivity contribution in [2.45, 2.75) is 52.5 Å². The Morgan fingerprint density at radius 2 is 1.90 bits per heavy atom. The summed E-state index contributed by atoms with van der Waals surface area (Å²) in [5.74, 6) is -0.361. The molecule has 0 saturated carbocycles. The summed E-state index contributed by atoms with van der Waals surface area (Å²) >= 11 is 0. The van der Waals surface area contributed by atoms with E-state index in [-0.39, 0.29) is 18.3 Å². The van der Waals surface area contributed by atoms with E-state index in [0.717, 1.165) is 4.68 Å². The van der Waals surface area contributed by atoms with Gasteiger partial charge < -0.3 is 11.1 Å². The van der Waals surface area contributed by atoms with E-state index in [2.05, 4.69) is 10.4 Å². The molecule has 0 saturated heterocycles. The largest absolute Gasteiger partial charge is 0.408 e. The van der Waals surface area contributed by atoms with E-state index in [1.807, 2.05) is 0 Å². The summed E-state index contributed by atoms with van der Waals surface area (Å²) < 4.78 is 38.2. The van der Waals surface area contributed by atoms with Gasteiger partial charge in [-0.05, 0) is 27.7 Å². The van der Waals surface area contributed by atoms with Crippen molar-refractivity contribution in [1.29, 1.82) is 0 Å². The molecule has 1 amide bonds. The Morgan fingerprint density at radius 1 is 1.38 bits per heavy atom. The maximum atomic E-state index is 12.4. The summed E-state index contributed by atoms with van der Waals surface area (Å²) in [5, 5.41) is 6.54. The maximum Gasteiger partial charge on any atom is 0.408 e. The van der Waals surface area contributed by atoms with Crippen molar-refractivity contribution in [1.82, 2.24) is 15.1 Å². The first-order valence-corrected chi connectivity index (χ1v) is 6.19. The van der Waals surface area contributed by atoms with Gasteiger partial charge in [-0.1, -0.05) is 0 Å². The van der Waals surface area contributed by atoms with Gasteiger partial charge in [-0.3, -0.25) is 9.48 Å². The van der Waals surface area contributed by atoms with Crippen molar-refractivity contribution in [2.24, 2.45) is 5.73 Å². The smallest absolute Gasteiger partial charge is 0.348 e. The van der Waals surface area contributed by atoms with Crippen molar-refractivity contribution in [2.75, 3.05) is 0 Å². The van der Waals surface area contributed by atoms with Gasteiger partial charge >= 0.3 is 6.18 Å². The molecular weight excluding hydrogens is 309 g/mol. The first-order valence-electron chi connectivity index (χ1n) is 6.19. The van der Waals surface area contributed by atoms with Crippen LogP contribution in [0.3, 0.4) is 0 Å². The number of amides is 1. The Balaban J connectivity index is 0.00000400. The first kappa shape index (κ1) is 19.7. The van der Waals surface area contributed by atoms with Gasteiger partial charge in [-0.25, -0.2) is 0 Å². The summed E-state index contributed by atoms with van der Waals surface area (Å²) in [7, 11) is 0. The third kappa shape index (κ3) is 5.20. The van der Waals surface area contributed by atoms with Gasteiger partial charge in [0.1, 0.15) is 6.54 Å². The molecule has 122 valence electrons. The number of alkyl halides is 3. The normalized spacial score (nSPS) is 14.3. The standard InChI is InChI=1S/C12H19F3N4O.ClH/c1-6(16)11(20)17-7(2)10-8(3)18-19(9(10)4)5-12(13,14)15;/h6-7H,5,16H2,1-4H3,(H,17,20);1H. The van der Waals surface area contributed by atoms with Crippen LogP contribution in [0.2, 0.25) is 0 Å². The van der Waals surface area contributed by atoms with Gasteiger partial charge in [0.2, 0.25) is 5.91 Å². The Morgan fingerprint density at radius 3 is 2.33 bits per heavy atom. The third-order valence-electron chi connectivity index (χ3n) is 2.97. The molecule has 0 spiro atoms. The van der Waals surface area contributed by atoms with Crippen LogP contribution < -0.4 is 11.1 Å². The molecule has 0 aliphatic heterocycles. The minimum absolute atomic E-state index is 0.